The largest absolute Gasteiger partial charge is 0.520 e. The average molecular weight is 262 g/mol. The van der Waals surface area contributed by atoms with E-state index in [1.54, 1.807) is 7.11 Å². The fourth-order valence-corrected chi connectivity index (χ4v) is 3.17. The Balaban J connectivity index is 4.46. The molecule has 0 heterocycles. The van der Waals surface area contributed by atoms with Crippen LogP contribution in [-0.4, -0.2) is 29.8 Å². The summed E-state index contributed by atoms with van der Waals surface area (Å²) in [6.07, 6.45) is 1.95. The first-order valence-corrected chi connectivity index (χ1v) is 12.5. The summed E-state index contributed by atoms with van der Waals surface area (Å²) in [5.74, 6) is 0.588. The Bertz CT molecular complexity index is 239. The third-order valence-electron chi connectivity index (χ3n) is 1.52. The molecule has 0 saturated heterocycles. The molecule has 0 aliphatic heterocycles. The Kier molecular flexibility index (Phi) is 5.79. The molecule has 3 nitrogen and oxygen atoms in total. The Hall–Kier alpha value is -0.266. The Morgan fingerprint density at radius 1 is 1.00 bits per heavy atom. The molecule has 0 aliphatic carbocycles. The summed E-state index contributed by atoms with van der Waals surface area (Å²) in [5, 5.41) is 0. The molecule has 96 valence electrons. The molecule has 0 aromatic carbocycles. The number of rotatable bonds is 6. The van der Waals surface area contributed by atoms with Crippen molar-refractivity contribution in [2.24, 2.45) is 0 Å². The summed E-state index contributed by atoms with van der Waals surface area (Å²) in [6.45, 7) is 14.9. The second-order valence-electron chi connectivity index (χ2n) is 5.84. The van der Waals surface area contributed by atoms with E-state index in [0.29, 0.717) is 5.95 Å². The minimum Gasteiger partial charge on any atom is -0.520 e. The minimum absolute atomic E-state index is 0.0398. The quantitative estimate of drug-likeness (QED) is 0.541. The molecule has 0 fully saturated rings. The van der Waals surface area contributed by atoms with Gasteiger partial charge in [0.15, 0.2) is 8.32 Å². The fourth-order valence-electron chi connectivity index (χ4n) is 1.23. The van der Waals surface area contributed by atoms with Crippen LogP contribution in [0.5, 0.6) is 0 Å². The molecular formula is C11H26O3Si2. The zero-order valence-electron chi connectivity index (χ0n) is 11.9. The van der Waals surface area contributed by atoms with Crippen molar-refractivity contribution in [3.63, 3.8) is 0 Å². The van der Waals surface area contributed by atoms with E-state index in [1.165, 1.54) is 0 Å². The van der Waals surface area contributed by atoms with Crippen molar-refractivity contribution in [2.75, 3.05) is 7.11 Å². The first-order chi connectivity index (χ1) is 7.03. The van der Waals surface area contributed by atoms with Gasteiger partial charge in [-0.2, -0.15) is 0 Å². The lowest BCUT2D eigenvalue weighted by Gasteiger charge is -2.24. The lowest BCUT2D eigenvalue weighted by atomic mass is 10.4. The molecule has 16 heavy (non-hydrogen) atoms. The third-order valence-corrected chi connectivity index (χ3v) is 3.41. The highest BCUT2D eigenvalue weighted by molar-refractivity contribution is 6.70. The van der Waals surface area contributed by atoms with Crippen LogP contribution in [0, 0.1) is 0 Å². The Morgan fingerprint density at radius 3 is 1.81 bits per heavy atom. The maximum absolute atomic E-state index is 5.90. The maximum atomic E-state index is 5.90. The second-order valence-corrected chi connectivity index (χ2v) is 14.7. The summed E-state index contributed by atoms with van der Waals surface area (Å²) in [5.41, 5.74) is 0. The third kappa shape index (κ3) is 9.00. The van der Waals surface area contributed by atoms with Crippen LogP contribution in [0.2, 0.25) is 39.3 Å². The smallest absolute Gasteiger partial charge is 0.263 e. The van der Waals surface area contributed by atoms with E-state index in [2.05, 4.69) is 39.3 Å². The summed E-state index contributed by atoms with van der Waals surface area (Å²) < 4.78 is 16.9. The zero-order chi connectivity index (χ0) is 13.0. The van der Waals surface area contributed by atoms with Gasteiger partial charge in [0, 0.05) is 6.08 Å². The van der Waals surface area contributed by atoms with Gasteiger partial charge in [0.25, 0.3) is 5.95 Å². The molecule has 0 amide bonds. The number of hydrogen-bond donors (Lipinski definition) is 0. The van der Waals surface area contributed by atoms with Gasteiger partial charge < -0.3 is 13.6 Å². The normalized spacial score (nSPS) is 15.9. The van der Waals surface area contributed by atoms with Gasteiger partial charge in [-0.3, -0.25) is 0 Å². The highest BCUT2D eigenvalue weighted by atomic mass is 28.4. The first-order valence-electron chi connectivity index (χ1n) is 5.66. The summed E-state index contributed by atoms with van der Waals surface area (Å²) in [4.78, 5) is 0. The molecule has 0 aliphatic rings. The van der Waals surface area contributed by atoms with Gasteiger partial charge >= 0.3 is 0 Å². The average Bonchev–Trinajstić information content (AvgIpc) is 1.96. The van der Waals surface area contributed by atoms with E-state index in [1.807, 2.05) is 13.0 Å². The highest BCUT2D eigenvalue weighted by Crippen LogP contribution is 2.14. The summed E-state index contributed by atoms with van der Waals surface area (Å²) >= 11 is 0. The fraction of sp³-hybridized carbons (Fsp3) is 0.818. The standard InChI is InChI=1S/C11H26O3Si2/c1-10(13-15(3,4)5)9-11(12-2)14-16(6,7)8/h9-10H,1-8H3/b11-9+/t10-/m1/s1. The van der Waals surface area contributed by atoms with Gasteiger partial charge in [0.2, 0.25) is 8.32 Å². The number of ether oxygens (including phenoxy) is 1. The van der Waals surface area contributed by atoms with E-state index in [9.17, 15) is 0 Å². The van der Waals surface area contributed by atoms with Crippen LogP contribution in [0.15, 0.2) is 12.0 Å². The Morgan fingerprint density at radius 2 is 1.50 bits per heavy atom. The van der Waals surface area contributed by atoms with Crippen LogP contribution >= 0.6 is 0 Å². The van der Waals surface area contributed by atoms with E-state index in [4.69, 9.17) is 13.6 Å². The molecule has 0 spiro atoms. The van der Waals surface area contributed by atoms with Crippen molar-refractivity contribution < 1.29 is 13.6 Å². The molecule has 0 aromatic rings. The van der Waals surface area contributed by atoms with Gasteiger partial charge in [-0.25, -0.2) is 0 Å². The molecule has 0 radical (unpaired) electrons. The van der Waals surface area contributed by atoms with Crippen molar-refractivity contribution in [2.45, 2.75) is 52.3 Å². The van der Waals surface area contributed by atoms with E-state index in [-0.39, 0.29) is 6.10 Å². The predicted octanol–water partition coefficient (Wildman–Crippen LogP) is 3.57. The van der Waals surface area contributed by atoms with Crippen LogP contribution < -0.4 is 0 Å². The zero-order valence-corrected chi connectivity index (χ0v) is 13.9. The van der Waals surface area contributed by atoms with Crippen molar-refractivity contribution >= 4 is 16.6 Å². The SMILES string of the molecule is CO/C(=C\[C@@H](C)O[Si](C)(C)C)O[Si](C)(C)C. The monoisotopic (exact) mass is 262 g/mol. The predicted molar refractivity (Wildman–Crippen MR) is 73.4 cm³/mol. The lowest BCUT2D eigenvalue weighted by molar-refractivity contribution is 0.137. The van der Waals surface area contributed by atoms with E-state index in [0.717, 1.165) is 0 Å². The van der Waals surface area contributed by atoms with Gasteiger partial charge in [0.1, 0.15) is 0 Å². The topological polar surface area (TPSA) is 27.7 Å². The van der Waals surface area contributed by atoms with Crippen LogP contribution in [0.4, 0.5) is 0 Å². The summed E-state index contributed by atoms with van der Waals surface area (Å²) in [6, 6.07) is 0. The van der Waals surface area contributed by atoms with Crippen molar-refractivity contribution in [1.29, 1.82) is 0 Å². The van der Waals surface area contributed by atoms with Crippen LogP contribution in [0.1, 0.15) is 6.92 Å². The molecule has 0 N–H and O–H groups in total. The van der Waals surface area contributed by atoms with Gasteiger partial charge in [0.05, 0.1) is 13.2 Å². The number of hydrogen-bond acceptors (Lipinski definition) is 3. The molecular weight excluding hydrogens is 236 g/mol. The molecule has 0 bridgehead atoms. The molecule has 0 aromatic heterocycles. The van der Waals surface area contributed by atoms with Crippen LogP contribution in [0.25, 0.3) is 0 Å². The van der Waals surface area contributed by atoms with Crippen molar-refractivity contribution in [3.05, 3.63) is 12.0 Å². The molecule has 5 heteroatoms. The van der Waals surface area contributed by atoms with Crippen molar-refractivity contribution in [1.82, 2.24) is 0 Å². The van der Waals surface area contributed by atoms with Gasteiger partial charge in [-0.15, -0.1) is 0 Å². The van der Waals surface area contributed by atoms with E-state index >= 15 is 0 Å². The van der Waals surface area contributed by atoms with Crippen LogP contribution in [-0.2, 0) is 13.6 Å². The van der Waals surface area contributed by atoms with Crippen LogP contribution in [0.3, 0.4) is 0 Å². The molecule has 1 atom stereocenters. The molecule has 0 rings (SSSR count). The number of methoxy groups -OCH3 is 1. The van der Waals surface area contributed by atoms with Gasteiger partial charge in [-0.1, -0.05) is 0 Å². The first kappa shape index (κ1) is 15.7. The van der Waals surface area contributed by atoms with Gasteiger partial charge in [-0.05, 0) is 46.2 Å². The maximum Gasteiger partial charge on any atom is 0.263 e. The molecule has 0 saturated carbocycles. The second kappa shape index (κ2) is 5.88. The highest BCUT2D eigenvalue weighted by Gasteiger charge is 2.21. The van der Waals surface area contributed by atoms with E-state index < -0.39 is 16.6 Å². The minimum atomic E-state index is -1.60. The van der Waals surface area contributed by atoms with Crippen molar-refractivity contribution in [3.8, 4) is 0 Å². The Labute approximate surface area is 102 Å². The lowest BCUT2D eigenvalue weighted by Crippen LogP contribution is -2.30. The summed E-state index contributed by atoms with van der Waals surface area (Å²) in [7, 11) is -1.47. The molecule has 0 unspecified atom stereocenters.